The number of aliphatic hydroxyl groups excluding tert-OH is 2. The molecule has 1 aromatic carbocycles. The van der Waals surface area contributed by atoms with Gasteiger partial charge in [-0.1, -0.05) is 68.2 Å². The van der Waals surface area contributed by atoms with E-state index >= 15 is 0 Å². The zero-order valence-corrected chi connectivity index (χ0v) is 15.8. The maximum Gasteiger partial charge on any atom is 0.0761 e. The van der Waals surface area contributed by atoms with Gasteiger partial charge in [-0.2, -0.15) is 0 Å². The van der Waals surface area contributed by atoms with Gasteiger partial charge in [0, 0.05) is 18.9 Å². The second-order valence-corrected chi connectivity index (χ2v) is 7.95. The van der Waals surface area contributed by atoms with Crippen LogP contribution in [0.5, 0.6) is 0 Å². The molecule has 0 aromatic heterocycles. The van der Waals surface area contributed by atoms with Gasteiger partial charge in [-0.25, -0.2) is 0 Å². The van der Waals surface area contributed by atoms with Crippen LogP contribution < -0.4 is 0 Å². The molecule has 2 bridgehead atoms. The third-order valence-electron chi connectivity index (χ3n) is 6.03. The summed E-state index contributed by atoms with van der Waals surface area (Å²) in [6.07, 6.45) is 14.7. The number of fused-ring (bicyclic) bond motifs is 2. The summed E-state index contributed by atoms with van der Waals surface area (Å²) >= 11 is 0. The molecule has 26 heavy (non-hydrogen) atoms. The highest BCUT2D eigenvalue weighted by Crippen LogP contribution is 2.46. The van der Waals surface area contributed by atoms with Crippen molar-refractivity contribution in [3.63, 3.8) is 0 Å². The summed E-state index contributed by atoms with van der Waals surface area (Å²) in [6, 6.07) is 10.2. The molecule has 144 valence electrons. The Balaban J connectivity index is 1.47. The van der Waals surface area contributed by atoms with Crippen LogP contribution in [0.25, 0.3) is 0 Å². The van der Waals surface area contributed by atoms with Crippen molar-refractivity contribution < 1.29 is 14.9 Å². The van der Waals surface area contributed by atoms with E-state index in [-0.39, 0.29) is 0 Å². The molecule has 2 aliphatic heterocycles. The summed E-state index contributed by atoms with van der Waals surface area (Å²) in [4.78, 5) is 0. The first-order valence-electron chi connectivity index (χ1n) is 10.4. The van der Waals surface area contributed by atoms with Crippen molar-refractivity contribution in [2.24, 2.45) is 11.8 Å². The van der Waals surface area contributed by atoms with E-state index in [4.69, 9.17) is 9.84 Å². The first kappa shape index (κ1) is 19.6. The van der Waals surface area contributed by atoms with Gasteiger partial charge < -0.3 is 14.9 Å². The fourth-order valence-electron chi connectivity index (χ4n) is 4.66. The molecule has 0 aliphatic carbocycles. The van der Waals surface area contributed by atoms with Gasteiger partial charge in [0.1, 0.15) is 0 Å². The minimum absolute atomic E-state index is 0.318. The third kappa shape index (κ3) is 5.42. The summed E-state index contributed by atoms with van der Waals surface area (Å²) in [5, 5.41) is 19.2. The van der Waals surface area contributed by atoms with E-state index in [1.54, 1.807) is 0 Å². The SMILES string of the molecule is OCCCCCCCC1C2CCC(O2)C1/C=C/C(O)Cc1ccccc1. The number of hydrogen-bond donors (Lipinski definition) is 2. The molecule has 2 heterocycles. The first-order valence-corrected chi connectivity index (χ1v) is 10.4. The van der Waals surface area contributed by atoms with Gasteiger partial charge in [0.25, 0.3) is 0 Å². The lowest BCUT2D eigenvalue weighted by Crippen LogP contribution is -2.26. The quantitative estimate of drug-likeness (QED) is 0.459. The Labute approximate surface area is 158 Å². The lowest BCUT2D eigenvalue weighted by Gasteiger charge is -2.26. The maximum absolute atomic E-state index is 10.4. The largest absolute Gasteiger partial charge is 0.396 e. The fourth-order valence-corrected chi connectivity index (χ4v) is 4.66. The smallest absolute Gasteiger partial charge is 0.0761 e. The van der Waals surface area contributed by atoms with Crippen molar-refractivity contribution in [3.8, 4) is 0 Å². The molecule has 2 N–H and O–H groups in total. The Bertz CT molecular complexity index is 542. The van der Waals surface area contributed by atoms with Crippen LogP contribution in [-0.4, -0.2) is 35.1 Å². The molecule has 0 amide bonds. The third-order valence-corrected chi connectivity index (χ3v) is 6.03. The number of unbranched alkanes of at least 4 members (excludes halogenated alkanes) is 4. The van der Waals surface area contributed by atoms with E-state index < -0.39 is 6.10 Å². The van der Waals surface area contributed by atoms with Crippen LogP contribution in [0.2, 0.25) is 0 Å². The van der Waals surface area contributed by atoms with Crippen LogP contribution in [0.3, 0.4) is 0 Å². The van der Waals surface area contributed by atoms with Crippen molar-refractivity contribution in [2.45, 2.75) is 76.1 Å². The number of aliphatic hydroxyl groups is 2. The highest BCUT2D eigenvalue weighted by molar-refractivity contribution is 5.17. The number of benzene rings is 1. The minimum Gasteiger partial charge on any atom is -0.396 e. The standard InChI is InChI=1S/C23H34O3/c24-16-8-3-1-2-7-11-20-21(23-15-14-22(20)26-23)13-12-19(25)17-18-9-5-4-6-10-18/h4-6,9-10,12-13,19-25H,1-3,7-8,11,14-17H2/b13-12+. The Morgan fingerprint density at radius 3 is 2.54 bits per heavy atom. The summed E-state index contributed by atoms with van der Waals surface area (Å²) in [5.41, 5.74) is 1.17. The van der Waals surface area contributed by atoms with Gasteiger partial charge >= 0.3 is 0 Å². The maximum atomic E-state index is 10.4. The molecule has 3 nitrogen and oxygen atoms in total. The Hall–Kier alpha value is -1.16. The second-order valence-electron chi connectivity index (χ2n) is 7.95. The topological polar surface area (TPSA) is 49.7 Å². The monoisotopic (exact) mass is 358 g/mol. The number of ether oxygens (including phenoxy) is 1. The van der Waals surface area contributed by atoms with Gasteiger partial charge in [0.15, 0.2) is 0 Å². The van der Waals surface area contributed by atoms with Crippen molar-refractivity contribution >= 4 is 0 Å². The highest BCUT2D eigenvalue weighted by Gasteiger charge is 2.46. The molecule has 0 saturated carbocycles. The molecule has 2 aliphatic rings. The lowest BCUT2D eigenvalue weighted by atomic mass is 9.76. The van der Waals surface area contributed by atoms with Gasteiger partial charge in [-0.3, -0.25) is 0 Å². The van der Waals surface area contributed by atoms with Crippen molar-refractivity contribution in [3.05, 3.63) is 48.0 Å². The van der Waals surface area contributed by atoms with Gasteiger partial charge in [-0.05, 0) is 37.2 Å². The second kappa shape index (κ2) is 10.2. The Morgan fingerprint density at radius 1 is 1.00 bits per heavy atom. The van der Waals surface area contributed by atoms with E-state index in [0.717, 1.165) is 12.8 Å². The predicted octanol–water partition coefficient (Wildman–Crippen LogP) is 4.27. The van der Waals surface area contributed by atoms with Crippen LogP contribution in [0.4, 0.5) is 0 Å². The Morgan fingerprint density at radius 2 is 1.73 bits per heavy atom. The molecular formula is C23H34O3. The normalized spacial score (nSPS) is 28.8. The van der Waals surface area contributed by atoms with Crippen LogP contribution in [0, 0.1) is 11.8 Å². The van der Waals surface area contributed by atoms with Gasteiger partial charge in [0.2, 0.25) is 0 Å². The first-order chi connectivity index (χ1) is 12.8. The molecule has 3 rings (SSSR count). The number of rotatable bonds is 11. The van der Waals surface area contributed by atoms with Crippen LogP contribution in [0.15, 0.2) is 42.5 Å². The predicted molar refractivity (Wildman–Crippen MR) is 105 cm³/mol. The summed E-state index contributed by atoms with van der Waals surface area (Å²) in [6.45, 7) is 0.318. The average Bonchev–Trinajstić information content (AvgIpc) is 3.25. The van der Waals surface area contributed by atoms with Crippen LogP contribution in [0.1, 0.15) is 56.9 Å². The van der Waals surface area contributed by atoms with E-state index in [1.807, 2.05) is 24.3 Å². The zero-order valence-electron chi connectivity index (χ0n) is 15.8. The van der Waals surface area contributed by atoms with E-state index in [0.29, 0.717) is 37.1 Å². The summed E-state index contributed by atoms with van der Waals surface area (Å²) in [5.74, 6) is 1.09. The van der Waals surface area contributed by atoms with Crippen LogP contribution >= 0.6 is 0 Å². The zero-order chi connectivity index (χ0) is 18.2. The lowest BCUT2D eigenvalue weighted by molar-refractivity contribution is 0.0884. The van der Waals surface area contributed by atoms with Crippen molar-refractivity contribution in [1.82, 2.24) is 0 Å². The van der Waals surface area contributed by atoms with E-state index in [2.05, 4.69) is 18.2 Å². The van der Waals surface area contributed by atoms with Crippen LogP contribution in [-0.2, 0) is 11.2 Å². The average molecular weight is 359 g/mol. The molecule has 2 fully saturated rings. The molecule has 5 atom stereocenters. The number of hydrogen-bond acceptors (Lipinski definition) is 3. The fraction of sp³-hybridized carbons (Fsp3) is 0.652. The molecule has 5 unspecified atom stereocenters. The minimum atomic E-state index is -0.421. The van der Waals surface area contributed by atoms with Crippen molar-refractivity contribution in [1.29, 1.82) is 0 Å². The van der Waals surface area contributed by atoms with Crippen molar-refractivity contribution in [2.75, 3.05) is 6.61 Å². The molecule has 0 spiro atoms. The highest BCUT2D eigenvalue weighted by atomic mass is 16.5. The molecule has 3 heteroatoms. The molecular weight excluding hydrogens is 324 g/mol. The van der Waals surface area contributed by atoms with E-state index in [1.165, 1.54) is 44.1 Å². The molecule has 2 saturated heterocycles. The summed E-state index contributed by atoms with van der Waals surface area (Å²) in [7, 11) is 0. The molecule has 1 aromatic rings. The molecule has 0 radical (unpaired) electrons. The van der Waals surface area contributed by atoms with Gasteiger partial charge in [0.05, 0.1) is 18.3 Å². The van der Waals surface area contributed by atoms with E-state index in [9.17, 15) is 5.11 Å². The van der Waals surface area contributed by atoms with Gasteiger partial charge in [-0.15, -0.1) is 0 Å². The Kier molecular flexibility index (Phi) is 7.72. The summed E-state index contributed by atoms with van der Waals surface area (Å²) < 4.78 is 6.18.